The summed E-state index contributed by atoms with van der Waals surface area (Å²) in [6.45, 7) is 7.21. The number of nitrogens with zero attached hydrogens (tertiary/aromatic N) is 1. The summed E-state index contributed by atoms with van der Waals surface area (Å²) in [6.07, 6.45) is 4.35. The first-order valence-corrected chi connectivity index (χ1v) is 9.89. The number of allylic oxidation sites excluding steroid dienone is 1. The lowest BCUT2D eigenvalue weighted by atomic mass is 9.75. The third-order valence-electron chi connectivity index (χ3n) is 5.41. The van der Waals surface area contributed by atoms with Gasteiger partial charge in [-0.05, 0) is 77.7 Å². The number of benzene rings is 1. The maximum atomic E-state index is 12.3. The zero-order valence-electron chi connectivity index (χ0n) is 16.8. The number of hydroxylamine groups is 1. The van der Waals surface area contributed by atoms with Crippen LogP contribution in [-0.4, -0.2) is 42.6 Å². The van der Waals surface area contributed by atoms with Crippen LogP contribution in [0.25, 0.3) is 0 Å². The summed E-state index contributed by atoms with van der Waals surface area (Å²) in [5, 5.41) is 3.90. The Morgan fingerprint density at radius 1 is 1.41 bits per heavy atom. The van der Waals surface area contributed by atoms with E-state index in [0.717, 1.165) is 37.1 Å². The van der Waals surface area contributed by atoms with E-state index < -0.39 is 6.10 Å². The van der Waals surface area contributed by atoms with E-state index in [-0.39, 0.29) is 17.5 Å². The number of hydrogen-bond acceptors (Lipinski definition) is 4. The summed E-state index contributed by atoms with van der Waals surface area (Å²) in [5.74, 6) is -0.0963. The van der Waals surface area contributed by atoms with Crippen LogP contribution < -0.4 is 10.8 Å². The van der Waals surface area contributed by atoms with Gasteiger partial charge in [0.15, 0.2) is 6.10 Å². The summed E-state index contributed by atoms with van der Waals surface area (Å²) >= 11 is 6.16. The van der Waals surface area contributed by atoms with Crippen molar-refractivity contribution in [2.24, 2.45) is 0 Å². The Hall–Kier alpha value is -1.56. The van der Waals surface area contributed by atoms with Crippen molar-refractivity contribution in [2.45, 2.75) is 63.6 Å². The minimum absolute atomic E-state index is 0.0928. The molecule has 1 amide bonds. The van der Waals surface area contributed by atoms with Crippen molar-refractivity contribution in [3.63, 3.8) is 0 Å². The van der Waals surface area contributed by atoms with Crippen LogP contribution in [0.1, 0.15) is 45.1 Å². The minimum Gasteiger partial charge on any atom is -0.351 e. The zero-order chi connectivity index (χ0) is 20.0. The number of amides is 1. The molecule has 2 N–H and O–H groups in total. The van der Waals surface area contributed by atoms with Crippen LogP contribution >= 0.6 is 11.6 Å². The van der Waals surface area contributed by atoms with Crippen molar-refractivity contribution in [3.8, 4) is 0 Å². The fraction of sp³-hybridized carbons (Fsp3) is 0.571. The number of hydrogen-bond donors (Lipinski definition) is 2. The van der Waals surface area contributed by atoms with E-state index >= 15 is 0 Å². The van der Waals surface area contributed by atoms with E-state index in [2.05, 4.69) is 42.4 Å². The van der Waals surface area contributed by atoms with Crippen molar-refractivity contribution in [1.29, 1.82) is 0 Å². The minimum atomic E-state index is -0.561. The van der Waals surface area contributed by atoms with Crippen LogP contribution in [0, 0.1) is 0 Å². The Morgan fingerprint density at radius 2 is 2.07 bits per heavy atom. The average Bonchev–Trinajstić information content (AvgIpc) is 2.61. The van der Waals surface area contributed by atoms with Crippen LogP contribution in [0.15, 0.2) is 36.5 Å². The molecular formula is C21H32ClN3O2. The highest BCUT2D eigenvalue weighted by molar-refractivity contribution is 6.30. The third-order valence-corrected chi connectivity index (χ3v) is 5.65. The molecule has 0 aromatic heterocycles. The first-order valence-electron chi connectivity index (χ1n) is 9.51. The average molecular weight is 394 g/mol. The molecule has 1 aromatic carbocycles. The molecule has 2 rings (SSSR count). The smallest absolute Gasteiger partial charge is 0.251 e. The van der Waals surface area contributed by atoms with Gasteiger partial charge in [-0.25, -0.2) is 0 Å². The molecule has 1 fully saturated rings. The van der Waals surface area contributed by atoms with Gasteiger partial charge in [0.2, 0.25) is 0 Å². The quantitative estimate of drug-likeness (QED) is 0.661. The monoisotopic (exact) mass is 393 g/mol. The summed E-state index contributed by atoms with van der Waals surface area (Å²) in [4.78, 5) is 19.9. The van der Waals surface area contributed by atoms with Crippen molar-refractivity contribution < 1.29 is 9.63 Å². The summed E-state index contributed by atoms with van der Waals surface area (Å²) in [5.41, 5.74) is 4.67. The molecule has 1 aliphatic carbocycles. The molecule has 150 valence electrons. The van der Waals surface area contributed by atoms with Gasteiger partial charge in [0.25, 0.3) is 5.91 Å². The van der Waals surface area contributed by atoms with Gasteiger partial charge >= 0.3 is 0 Å². The Morgan fingerprint density at radius 3 is 2.63 bits per heavy atom. The van der Waals surface area contributed by atoms with Gasteiger partial charge < -0.3 is 10.2 Å². The lowest BCUT2D eigenvalue weighted by Crippen LogP contribution is -2.53. The van der Waals surface area contributed by atoms with E-state index in [9.17, 15) is 4.79 Å². The van der Waals surface area contributed by atoms with Gasteiger partial charge in [-0.1, -0.05) is 30.3 Å². The third kappa shape index (κ3) is 6.23. The van der Waals surface area contributed by atoms with Crippen molar-refractivity contribution in [3.05, 3.63) is 47.1 Å². The van der Waals surface area contributed by atoms with Crippen LogP contribution in [0.3, 0.4) is 0 Å². The Labute approximate surface area is 168 Å². The molecule has 0 bridgehead atoms. The van der Waals surface area contributed by atoms with Gasteiger partial charge in [0, 0.05) is 22.3 Å². The number of rotatable bonds is 8. The highest BCUT2D eigenvalue weighted by atomic mass is 35.5. The first-order chi connectivity index (χ1) is 12.7. The van der Waals surface area contributed by atoms with Crippen LogP contribution in [0.2, 0.25) is 5.02 Å². The topological polar surface area (TPSA) is 53.6 Å². The van der Waals surface area contributed by atoms with Crippen molar-refractivity contribution in [1.82, 2.24) is 15.7 Å². The molecule has 0 aliphatic heterocycles. The highest BCUT2D eigenvalue weighted by Gasteiger charge is 2.38. The lowest BCUT2D eigenvalue weighted by Gasteiger charge is -2.45. The molecule has 0 heterocycles. The maximum Gasteiger partial charge on any atom is 0.251 e. The summed E-state index contributed by atoms with van der Waals surface area (Å²) in [6, 6.07) is 8.28. The summed E-state index contributed by atoms with van der Waals surface area (Å²) < 4.78 is 0. The van der Waals surface area contributed by atoms with Gasteiger partial charge in [-0.3, -0.25) is 15.1 Å². The second kappa shape index (κ2) is 9.58. The molecule has 6 heteroatoms. The number of carbonyl (C=O) groups is 1. The largest absolute Gasteiger partial charge is 0.351 e. The SMILES string of the molecule is C=C(C)NOC(C)C(=O)NC1CCC(Cc2cccc(Cl)c2)(N(C)C)CC1. The van der Waals surface area contributed by atoms with Crippen molar-refractivity contribution >= 4 is 17.5 Å². The fourth-order valence-electron chi connectivity index (χ4n) is 3.67. The predicted molar refractivity (Wildman–Crippen MR) is 110 cm³/mol. The first kappa shape index (κ1) is 21.7. The Balaban J connectivity index is 1.92. The highest BCUT2D eigenvalue weighted by Crippen LogP contribution is 2.35. The van der Waals surface area contributed by atoms with E-state index in [1.807, 2.05) is 18.2 Å². The number of likely N-dealkylation sites (N-methyl/N-ethyl adjacent to an activating group) is 1. The normalized spacial score (nSPS) is 23.7. The maximum absolute atomic E-state index is 12.3. The predicted octanol–water partition coefficient (Wildman–Crippen LogP) is 3.69. The Bertz CT molecular complexity index is 655. The molecule has 0 radical (unpaired) electrons. The zero-order valence-corrected chi connectivity index (χ0v) is 17.6. The van der Waals surface area contributed by atoms with Crippen LogP contribution in [0.5, 0.6) is 0 Å². The Kier molecular flexibility index (Phi) is 7.71. The number of halogens is 1. The van der Waals surface area contributed by atoms with E-state index in [0.29, 0.717) is 5.70 Å². The molecule has 0 spiro atoms. The van der Waals surface area contributed by atoms with Gasteiger partial charge in [0.1, 0.15) is 0 Å². The molecule has 1 unspecified atom stereocenters. The molecule has 1 saturated carbocycles. The number of carbonyl (C=O) groups excluding carboxylic acids is 1. The molecular weight excluding hydrogens is 362 g/mol. The van der Waals surface area contributed by atoms with Crippen LogP contribution in [0.4, 0.5) is 0 Å². The molecule has 5 nitrogen and oxygen atoms in total. The second-order valence-electron chi connectivity index (χ2n) is 7.85. The summed E-state index contributed by atoms with van der Waals surface area (Å²) in [7, 11) is 4.28. The second-order valence-corrected chi connectivity index (χ2v) is 8.29. The van der Waals surface area contributed by atoms with Gasteiger partial charge in [-0.2, -0.15) is 0 Å². The molecule has 1 aromatic rings. The van der Waals surface area contributed by atoms with Crippen molar-refractivity contribution in [2.75, 3.05) is 14.1 Å². The van der Waals surface area contributed by atoms with Crippen LogP contribution in [-0.2, 0) is 16.1 Å². The van der Waals surface area contributed by atoms with E-state index in [1.165, 1.54) is 5.56 Å². The number of nitrogens with one attached hydrogen (secondary N) is 2. The molecule has 27 heavy (non-hydrogen) atoms. The lowest BCUT2D eigenvalue weighted by molar-refractivity contribution is -0.136. The van der Waals surface area contributed by atoms with E-state index in [4.69, 9.17) is 16.4 Å². The molecule has 1 atom stereocenters. The molecule has 0 saturated heterocycles. The fourth-order valence-corrected chi connectivity index (χ4v) is 3.88. The standard InChI is InChI=1S/C21H32ClN3O2/c1-15(2)24-27-16(3)20(26)23-19-9-11-21(12-10-19,25(4)5)14-17-7-6-8-18(22)13-17/h6-8,13,16,19,24H,1,9-12,14H2,2-5H3,(H,23,26). The van der Waals surface area contributed by atoms with Gasteiger partial charge in [-0.15, -0.1) is 0 Å². The molecule has 1 aliphatic rings. The van der Waals surface area contributed by atoms with Gasteiger partial charge in [0.05, 0.1) is 0 Å². The van der Waals surface area contributed by atoms with E-state index in [1.54, 1.807) is 13.8 Å².